The average molecular weight is 160 g/mol. The van der Waals surface area contributed by atoms with Gasteiger partial charge in [0.25, 0.3) is 0 Å². The molecule has 0 spiro atoms. The number of methoxy groups -OCH3 is 1. The Hall–Kier alpha value is -0.660. The molecular weight excluding hydrogens is 147 g/mol. The summed E-state index contributed by atoms with van der Waals surface area (Å²) in [4.78, 5) is 0. The van der Waals surface area contributed by atoms with Crippen LogP contribution in [0.1, 0.15) is 12.8 Å². The van der Waals surface area contributed by atoms with E-state index < -0.39 is 12.2 Å². The predicted octanol–water partition coefficient (Wildman–Crippen LogP) is 0.604. The zero-order valence-corrected chi connectivity index (χ0v) is 6.64. The molecule has 0 aliphatic carbocycles. The summed E-state index contributed by atoms with van der Waals surface area (Å²) in [5.41, 5.74) is 4.04. The van der Waals surface area contributed by atoms with Gasteiger partial charge in [0, 0.05) is 13.7 Å². The van der Waals surface area contributed by atoms with E-state index in [2.05, 4.69) is 0 Å². The fourth-order valence-electron chi connectivity index (χ4n) is 0.685. The van der Waals surface area contributed by atoms with Crippen LogP contribution < -0.4 is 5.73 Å². The first-order valence-electron chi connectivity index (χ1n) is 3.43. The van der Waals surface area contributed by atoms with Gasteiger partial charge in [-0.1, -0.05) is 0 Å². The lowest BCUT2D eigenvalue weighted by Crippen LogP contribution is -2.40. The Labute approximate surface area is 65.9 Å². The molecule has 2 N–H and O–H groups in total. The molecule has 0 aromatic heterocycles. The summed E-state index contributed by atoms with van der Waals surface area (Å²) >= 11 is 0. The normalized spacial score (nSPS) is 15.5. The second kappa shape index (κ2) is 5.05. The van der Waals surface area contributed by atoms with Crippen molar-refractivity contribution in [3.63, 3.8) is 0 Å². The minimum absolute atomic E-state index is 0.341. The molecule has 1 atom stereocenters. The number of nitrogens with zero attached hydrogens (tertiary/aromatic N) is 1. The van der Waals surface area contributed by atoms with Gasteiger partial charge in [-0.2, -0.15) is 5.26 Å². The van der Waals surface area contributed by atoms with Crippen molar-refractivity contribution in [2.24, 2.45) is 5.73 Å². The Morgan fingerprint density at radius 2 is 2.36 bits per heavy atom. The van der Waals surface area contributed by atoms with E-state index in [9.17, 15) is 4.39 Å². The molecule has 0 fully saturated rings. The monoisotopic (exact) mass is 160 g/mol. The first-order chi connectivity index (χ1) is 5.18. The number of nitrogens with two attached hydrogens (primary N) is 1. The third kappa shape index (κ3) is 3.91. The van der Waals surface area contributed by atoms with Crippen LogP contribution in [0.2, 0.25) is 0 Å². The summed E-state index contributed by atoms with van der Waals surface area (Å²) in [5.74, 6) is 0. The van der Waals surface area contributed by atoms with E-state index in [1.165, 1.54) is 0 Å². The molecule has 0 aromatic rings. The molecule has 0 saturated heterocycles. The number of alkyl halides is 1. The van der Waals surface area contributed by atoms with Crippen molar-refractivity contribution >= 4 is 0 Å². The van der Waals surface area contributed by atoms with E-state index in [-0.39, 0.29) is 0 Å². The Morgan fingerprint density at radius 1 is 1.73 bits per heavy atom. The van der Waals surface area contributed by atoms with Gasteiger partial charge in [0.2, 0.25) is 0 Å². The van der Waals surface area contributed by atoms with Crippen LogP contribution in [0.4, 0.5) is 4.39 Å². The lowest BCUT2D eigenvalue weighted by Gasteiger charge is -2.15. The molecule has 0 aliphatic heterocycles. The van der Waals surface area contributed by atoms with E-state index in [0.717, 1.165) is 0 Å². The smallest absolute Gasteiger partial charge is 0.132 e. The Morgan fingerprint density at radius 3 is 2.73 bits per heavy atom. The summed E-state index contributed by atoms with van der Waals surface area (Å²) in [7, 11) is 1.56. The number of hydrogen-bond acceptors (Lipinski definition) is 3. The van der Waals surface area contributed by atoms with Crippen LogP contribution in [0.25, 0.3) is 0 Å². The van der Waals surface area contributed by atoms with Gasteiger partial charge in [0.15, 0.2) is 0 Å². The molecule has 0 rings (SSSR count). The highest BCUT2D eigenvalue weighted by atomic mass is 19.1. The topological polar surface area (TPSA) is 59.0 Å². The van der Waals surface area contributed by atoms with Crippen LogP contribution in [0.3, 0.4) is 0 Å². The van der Waals surface area contributed by atoms with Crippen molar-refractivity contribution in [3.8, 4) is 6.07 Å². The minimum atomic E-state index is -1.31. The van der Waals surface area contributed by atoms with E-state index in [0.29, 0.717) is 19.4 Å². The fourth-order valence-corrected chi connectivity index (χ4v) is 0.685. The van der Waals surface area contributed by atoms with Crippen molar-refractivity contribution in [1.29, 1.82) is 5.26 Å². The standard InChI is InChI=1S/C7H13FN2O/c1-11-4-2-3-7(10,5-8)6-9/h2-5,10H2,1H3. The largest absolute Gasteiger partial charge is 0.385 e. The number of ether oxygens (including phenoxy) is 1. The fraction of sp³-hybridized carbons (Fsp3) is 0.857. The highest BCUT2D eigenvalue weighted by molar-refractivity contribution is 5.04. The highest BCUT2D eigenvalue weighted by Crippen LogP contribution is 2.08. The zero-order valence-electron chi connectivity index (χ0n) is 6.64. The van der Waals surface area contributed by atoms with Crippen LogP contribution in [-0.2, 0) is 4.74 Å². The van der Waals surface area contributed by atoms with Crippen LogP contribution >= 0.6 is 0 Å². The molecule has 0 saturated carbocycles. The summed E-state index contributed by atoms with van der Waals surface area (Å²) in [6, 6.07) is 1.73. The molecule has 0 aliphatic rings. The van der Waals surface area contributed by atoms with E-state index in [1.807, 2.05) is 0 Å². The van der Waals surface area contributed by atoms with Crippen LogP contribution in [0.5, 0.6) is 0 Å². The van der Waals surface area contributed by atoms with Gasteiger partial charge in [0.05, 0.1) is 6.07 Å². The minimum Gasteiger partial charge on any atom is -0.385 e. The molecule has 0 heterocycles. The van der Waals surface area contributed by atoms with Gasteiger partial charge in [-0.3, -0.25) is 0 Å². The van der Waals surface area contributed by atoms with Crippen molar-refractivity contribution in [1.82, 2.24) is 0 Å². The average Bonchev–Trinajstić information content (AvgIpc) is 2.05. The second-order valence-electron chi connectivity index (χ2n) is 2.50. The quantitative estimate of drug-likeness (QED) is 0.599. The lowest BCUT2D eigenvalue weighted by molar-refractivity contribution is 0.184. The van der Waals surface area contributed by atoms with Gasteiger partial charge in [-0.05, 0) is 12.8 Å². The van der Waals surface area contributed by atoms with Crippen molar-refractivity contribution < 1.29 is 9.13 Å². The summed E-state index contributed by atoms with van der Waals surface area (Å²) in [5, 5.41) is 8.43. The Balaban J connectivity index is 3.63. The van der Waals surface area contributed by atoms with Crippen molar-refractivity contribution in [2.75, 3.05) is 20.4 Å². The molecule has 4 heteroatoms. The zero-order chi connectivity index (χ0) is 8.74. The van der Waals surface area contributed by atoms with Crippen LogP contribution in [0, 0.1) is 11.3 Å². The Bertz CT molecular complexity index is 146. The van der Waals surface area contributed by atoms with Gasteiger partial charge >= 0.3 is 0 Å². The van der Waals surface area contributed by atoms with Crippen molar-refractivity contribution in [2.45, 2.75) is 18.4 Å². The molecule has 0 amide bonds. The number of hydrogen-bond donors (Lipinski definition) is 1. The van der Waals surface area contributed by atoms with E-state index in [1.54, 1.807) is 13.2 Å². The first-order valence-corrected chi connectivity index (χ1v) is 3.43. The number of halogens is 1. The molecule has 0 aromatic carbocycles. The van der Waals surface area contributed by atoms with Crippen LogP contribution in [0.15, 0.2) is 0 Å². The summed E-state index contributed by atoms with van der Waals surface area (Å²) in [6.45, 7) is -0.284. The van der Waals surface area contributed by atoms with Crippen LogP contribution in [-0.4, -0.2) is 25.9 Å². The molecular formula is C7H13FN2O. The number of nitriles is 1. The predicted molar refractivity (Wildman–Crippen MR) is 39.6 cm³/mol. The van der Waals surface area contributed by atoms with E-state index >= 15 is 0 Å². The molecule has 64 valence electrons. The van der Waals surface area contributed by atoms with Gasteiger partial charge in [0.1, 0.15) is 12.2 Å². The van der Waals surface area contributed by atoms with Crippen molar-refractivity contribution in [3.05, 3.63) is 0 Å². The Kier molecular flexibility index (Phi) is 4.75. The van der Waals surface area contributed by atoms with Gasteiger partial charge in [-0.15, -0.1) is 0 Å². The first kappa shape index (κ1) is 10.3. The molecule has 3 nitrogen and oxygen atoms in total. The summed E-state index contributed by atoms with van der Waals surface area (Å²) in [6.07, 6.45) is 0.957. The molecule has 11 heavy (non-hydrogen) atoms. The molecule has 0 radical (unpaired) electrons. The molecule has 0 bridgehead atoms. The summed E-state index contributed by atoms with van der Waals surface area (Å²) < 4.78 is 16.8. The maximum atomic E-state index is 12.1. The number of rotatable bonds is 5. The maximum absolute atomic E-state index is 12.1. The van der Waals surface area contributed by atoms with Gasteiger partial charge < -0.3 is 10.5 Å². The van der Waals surface area contributed by atoms with Gasteiger partial charge in [-0.25, -0.2) is 4.39 Å². The third-order valence-corrected chi connectivity index (χ3v) is 1.43. The SMILES string of the molecule is COCCCC(N)(C#N)CF. The highest BCUT2D eigenvalue weighted by Gasteiger charge is 2.23. The van der Waals surface area contributed by atoms with E-state index in [4.69, 9.17) is 15.7 Å². The third-order valence-electron chi connectivity index (χ3n) is 1.43. The lowest BCUT2D eigenvalue weighted by atomic mass is 9.99. The second-order valence-corrected chi connectivity index (χ2v) is 2.50. The maximum Gasteiger partial charge on any atom is 0.132 e. The molecule has 1 unspecified atom stereocenters.